The third-order valence-electron chi connectivity index (χ3n) is 3.70. The number of rotatable bonds is 2. The van der Waals surface area contributed by atoms with Gasteiger partial charge in [0.15, 0.2) is 0 Å². The molecule has 0 bridgehead atoms. The van der Waals surface area contributed by atoms with Gasteiger partial charge in [-0.3, -0.25) is 4.79 Å². The minimum atomic E-state index is -0.0713. The van der Waals surface area contributed by atoms with Crippen molar-refractivity contribution in [2.75, 3.05) is 0 Å². The van der Waals surface area contributed by atoms with E-state index >= 15 is 0 Å². The minimum Gasteiger partial charge on any atom is -0.267 e. The minimum absolute atomic E-state index is 0.0713. The summed E-state index contributed by atoms with van der Waals surface area (Å²) >= 11 is 0. The van der Waals surface area contributed by atoms with Crippen LogP contribution in [0.15, 0.2) is 42.7 Å². The summed E-state index contributed by atoms with van der Waals surface area (Å²) in [6.07, 6.45) is 8.52. The first kappa shape index (κ1) is 11.2. The van der Waals surface area contributed by atoms with Gasteiger partial charge < -0.3 is 0 Å². The van der Waals surface area contributed by atoms with Gasteiger partial charge in [-0.05, 0) is 42.5 Å². The van der Waals surface area contributed by atoms with E-state index in [0.717, 1.165) is 0 Å². The Hall–Kier alpha value is -1.90. The maximum atomic E-state index is 12.0. The van der Waals surface area contributed by atoms with Gasteiger partial charge in [0.1, 0.15) is 0 Å². The molecule has 1 heterocycles. The van der Waals surface area contributed by atoms with Gasteiger partial charge in [0, 0.05) is 18.0 Å². The third kappa shape index (κ3) is 2.08. The van der Waals surface area contributed by atoms with E-state index in [4.69, 9.17) is 0 Å². The molecule has 1 aliphatic carbocycles. The number of hydrogen-bond acceptors (Lipinski definition) is 2. The second-order valence-electron chi connectivity index (χ2n) is 4.86. The molecule has 1 aromatic carbocycles. The Morgan fingerprint density at radius 3 is 2.50 bits per heavy atom. The SMILES string of the molecule is O=C(c1ccc(C2CCCC2)cc1)n1cccn1. The van der Waals surface area contributed by atoms with Crippen molar-refractivity contribution in [2.24, 2.45) is 0 Å². The smallest absolute Gasteiger partial charge is 0.267 e. The molecular formula is C15H16N2O. The van der Waals surface area contributed by atoms with Crippen molar-refractivity contribution in [1.29, 1.82) is 0 Å². The van der Waals surface area contributed by atoms with Crippen molar-refractivity contribution in [2.45, 2.75) is 31.6 Å². The number of nitrogens with zero attached hydrogens (tertiary/aromatic N) is 2. The van der Waals surface area contributed by atoms with E-state index in [-0.39, 0.29) is 5.91 Å². The molecule has 1 fully saturated rings. The first-order valence-corrected chi connectivity index (χ1v) is 6.49. The van der Waals surface area contributed by atoms with Crippen LogP contribution in [-0.2, 0) is 0 Å². The Bertz CT molecular complexity index is 522. The average molecular weight is 240 g/mol. The molecule has 0 atom stereocenters. The highest BCUT2D eigenvalue weighted by molar-refractivity contribution is 5.95. The Balaban J connectivity index is 1.80. The average Bonchev–Trinajstić information content (AvgIpc) is 3.11. The molecule has 3 nitrogen and oxygen atoms in total. The number of benzene rings is 1. The molecule has 0 unspecified atom stereocenters. The Labute approximate surface area is 106 Å². The highest BCUT2D eigenvalue weighted by Gasteiger charge is 2.17. The summed E-state index contributed by atoms with van der Waals surface area (Å²) in [5.41, 5.74) is 2.06. The fourth-order valence-corrected chi connectivity index (χ4v) is 2.68. The van der Waals surface area contributed by atoms with Crippen molar-refractivity contribution in [1.82, 2.24) is 9.78 Å². The predicted molar refractivity (Wildman–Crippen MR) is 69.6 cm³/mol. The summed E-state index contributed by atoms with van der Waals surface area (Å²) in [7, 11) is 0. The summed E-state index contributed by atoms with van der Waals surface area (Å²) in [6, 6.07) is 9.76. The molecule has 0 aliphatic heterocycles. The van der Waals surface area contributed by atoms with Gasteiger partial charge >= 0.3 is 0 Å². The van der Waals surface area contributed by atoms with Crippen molar-refractivity contribution in [3.8, 4) is 0 Å². The molecule has 1 saturated carbocycles. The molecule has 2 aromatic rings. The lowest BCUT2D eigenvalue weighted by atomic mass is 9.97. The Kier molecular flexibility index (Phi) is 2.97. The molecule has 18 heavy (non-hydrogen) atoms. The molecule has 0 radical (unpaired) electrons. The van der Waals surface area contributed by atoms with Gasteiger partial charge in [-0.25, -0.2) is 4.68 Å². The quantitative estimate of drug-likeness (QED) is 0.807. The molecule has 92 valence electrons. The van der Waals surface area contributed by atoms with Crippen LogP contribution in [0.5, 0.6) is 0 Å². The van der Waals surface area contributed by atoms with Crippen LogP contribution in [0.1, 0.15) is 47.5 Å². The van der Waals surface area contributed by atoms with Crippen LogP contribution in [-0.4, -0.2) is 15.7 Å². The van der Waals surface area contributed by atoms with Crippen LogP contribution in [0.2, 0.25) is 0 Å². The second-order valence-corrected chi connectivity index (χ2v) is 4.86. The summed E-state index contributed by atoms with van der Waals surface area (Å²) in [4.78, 5) is 12.0. The summed E-state index contributed by atoms with van der Waals surface area (Å²) in [5, 5.41) is 3.96. The van der Waals surface area contributed by atoms with Crippen LogP contribution in [0.3, 0.4) is 0 Å². The largest absolute Gasteiger partial charge is 0.278 e. The lowest BCUT2D eigenvalue weighted by Crippen LogP contribution is -2.12. The van der Waals surface area contributed by atoms with E-state index in [0.29, 0.717) is 11.5 Å². The maximum Gasteiger partial charge on any atom is 0.278 e. The van der Waals surface area contributed by atoms with E-state index in [2.05, 4.69) is 17.2 Å². The normalized spacial score (nSPS) is 16.0. The van der Waals surface area contributed by atoms with Gasteiger partial charge in [0.05, 0.1) is 0 Å². The molecule has 0 spiro atoms. The molecule has 1 aromatic heterocycles. The third-order valence-corrected chi connectivity index (χ3v) is 3.70. The van der Waals surface area contributed by atoms with Gasteiger partial charge in [0.25, 0.3) is 5.91 Å². The van der Waals surface area contributed by atoms with E-state index in [9.17, 15) is 4.79 Å². The fourth-order valence-electron chi connectivity index (χ4n) is 2.68. The van der Waals surface area contributed by atoms with Gasteiger partial charge in [-0.1, -0.05) is 25.0 Å². The second kappa shape index (κ2) is 4.77. The first-order chi connectivity index (χ1) is 8.84. The van der Waals surface area contributed by atoms with Gasteiger partial charge in [-0.15, -0.1) is 0 Å². The zero-order valence-electron chi connectivity index (χ0n) is 10.2. The van der Waals surface area contributed by atoms with E-state index in [1.165, 1.54) is 35.9 Å². The molecule has 3 heteroatoms. The standard InChI is InChI=1S/C15H16N2O/c18-15(17-11-3-10-16-17)14-8-6-13(7-9-14)12-4-1-2-5-12/h3,6-12H,1-2,4-5H2. The molecule has 0 saturated heterocycles. The lowest BCUT2D eigenvalue weighted by molar-refractivity contribution is 0.0945. The number of hydrogen-bond donors (Lipinski definition) is 0. The van der Waals surface area contributed by atoms with Crippen LogP contribution in [0.4, 0.5) is 0 Å². The van der Waals surface area contributed by atoms with Crippen molar-refractivity contribution in [3.63, 3.8) is 0 Å². The van der Waals surface area contributed by atoms with Crippen LogP contribution >= 0.6 is 0 Å². The topological polar surface area (TPSA) is 34.9 Å². The van der Waals surface area contributed by atoms with E-state index in [1.54, 1.807) is 18.5 Å². The van der Waals surface area contributed by atoms with Gasteiger partial charge in [-0.2, -0.15) is 5.10 Å². The van der Waals surface area contributed by atoms with E-state index < -0.39 is 0 Å². The van der Waals surface area contributed by atoms with Crippen LogP contribution in [0, 0.1) is 0 Å². The maximum absolute atomic E-state index is 12.0. The fraction of sp³-hybridized carbons (Fsp3) is 0.333. The highest BCUT2D eigenvalue weighted by Crippen LogP contribution is 2.33. The van der Waals surface area contributed by atoms with E-state index in [1.807, 2.05) is 12.1 Å². The zero-order valence-corrected chi connectivity index (χ0v) is 10.2. The monoisotopic (exact) mass is 240 g/mol. The molecule has 1 aliphatic rings. The molecule has 0 amide bonds. The van der Waals surface area contributed by atoms with Crippen molar-refractivity contribution >= 4 is 5.91 Å². The van der Waals surface area contributed by atoms with Crippen LogP contribution < -0.4 is 0 Å². The Morgan fingerprint density at radius 2 is 1.89 bits per heavy atom. The number of aromatic nitrogens is 2. The van der Waals surface area contributed by atoms with Crippen molar-refractivity contribution in [3.05, 3.63) is 53.9 Å². The highest BCUT2D eigenvalue weighted by atomic mass is 16.2. The van der Waals surface area contributed by atoms with Gasteiger partial charge in [0.2, 0.25) is 0 Å². The number of carbonyl (C=O) groups is 1. The zero-order chi connectivity index (χ0) is 12.4. The summed E-state index contributed by atoms with van der Waals surface area (Å²) in [6.45, 7) is 0. The first-order valence-electron chi connectivity index (χ1n) is 6.49. The molecule has 3 rings (SSSR count). The number of carbonyl (C=O) groups excluding carboxylic acids is 1. The lowest BCUT2D eigenvalue weighted by Gasteiger charge is -2.09. The van der Waals surface area contributed by atoms with Crippen LogP contribution in [0.25, 0.3) is 0 Å². The predicted octanol–water partition coefficient (Wildman–Crippen LogP) is 3.23. The summed E-state index contributed by atoms with van der Waals surface area (Å²) < 4.78 is 1.37. The molecule has 0 N–H and O–H groups in total. The Morgan fingerprint density at radius 1 is 1.17 bits per heavy atom. The van der Waals surface area contributed by atoms with Crippen molar-refractivity contribution < 1.29 is 4.79 Å². The summed E-state index contributed by atoms with van der Waals surface area (Å²) in [5.74, 6) is 0.622. The molecular weight excluding hydrogens is 224 g/mol.